The maximum Gasteiger partial charge on any atom is 0.251 e. The molecule has 160 valence electrons. The van der Waals surface area contributed by atoms with Gasteiger partial charge < -0.3 is 10.1 Å². The molecule has 2 aromatic rings. The molecule has 1 saturated heterocycles. The van der Waals surface area contributed by atoms with E-state index in [1.165, 1.54) is 0 Å². The van der Waals surface area contributed by atoms with Crippen LogP contribution in [0.25, 0.3) is 0 Å². The van der Waals surface area contributed by atoms with Crippen LogP contribution < -0.4 is 15.5 Å². The largest absolute Gasteiger partial charge is 0.457 e. The van der Waals surface area contributed by atoms with Crippen LogP contribution in [-0.2, 0) is 4.79 Å². The summed E-state index contributed by atoms with van der Waals surface area (Å²) in [6, 6.07) is 14.9. The average molecular weight is 412 g/mol. The predicted molar refractivity (Wildman–Crippen MR) is 114 cm³/mol. The molecule has 7 nitrogen and oxygen atoms in total. The monoisotopic (exact) mass is 411 g/mol. The Morgan fingerprint density at radius 3 is 2.47 bits per heavy atom. The second-order valence-corrected chi connectivity index (χ2v) is 8.02. The van der Waals surface area contributed by atoms with Gasteiger partial charge in [-0.15, -0.1) is 0 Å². The summed E-state index contributed by atoms with van der Waals surface area (Å²) in [6.07, 6.45) is 0.161. The van der Waals surface area contributed by atoms with Crippen molar-refractivity contribution < 1.29 is 19.5 Å². The van der Waals surface area contributed by atoms with E-state index >= 15 is 0 Å². The van der Waals surface area contributed by atoms with Crippen LogP contribution in [0.3, 0.4) is 0 Å². The van der Waals surface area contributed by atoms with E-state index in [4.69, 9.17) is 9.94 Å². The molecule has 1 aliphatic heterocycles. The Balaban J connectivity index is 1.65. The zero-order valence-electron chi connectivity index (χ0n) is 17.6. The van der Waals surface area contributed by atoms with E-state index in [2.05, 4.69) is 24.1 Å². The Bertz CT molecular complexity index is 882. The highest BCUT2D eigenvalue weighted by Crippen LogP contribution is 2.26. The summed E-state index contributed by atoms with van der Waals surface area (Å²) in [5, 5.41) is 11.9. The number of para-hydroxylation sites is 1. The number of carbonyl (C=O) groups is 2. The first-order valence-corrected chi connectivity index (χ1v) is 10.2. The highest BCUT2D eigenvalue weighted by molar-refractivity contribution is 5.94. The van der Waals surface area contributed by atoms with E-state index in [1.54, 1.807) is 29.7 Å². The molecule has 0 unspecified atom stereocenters. The van der Waals surface area contributed by atoms with Gasteiger partial charge in [0.25, 0.3) is 5.91 Å². The number of benzene rings is 2. The van der Waals surface area contributed by atoms with Gasteiger partial charge in [0.15, 0.2) is 0 Å². The Morgan fingerprint density at radius 2 is 1.83 bits per heavy atom. The lowest BCUT2D eigenvalue weighted by Gasteiger charge is -2.20. The topological polar surface area (TPSA) is 90.9 Å². The minimum absolute atomic E-state index is 0.0628. The van der Waals surface area contributed by atoms with Crippen LogP contribution in [0.5, 0.6) is 11.5 Å². The molecular weight excluding hydrogens is 382 g/mol. The molecule has 1 aliphatic rings. The smallest absolute Gasteiger partial charge is 0.251 e. The first-order valence-electron chi connectivity index (χ1n) is 10.2. The number of rotatable bonds is 7. The molecule has 0 radical (unpaired) electrons. The minimum atomic E-state index is -0.442. The number of hydrogen-bond acceptors (Lipinski definition) is 5. The lowest BCUT2D eigenvalue weighted by atomic mass is 9.99. The van der Waals surface area contributed by atoms with Crippen molar-refractivity contribution in [1.29, 1.82) is 0 Å². The highest BCUT2D eigenvalue weighted by Gasteiger charge is 2.36. The van der Waals surface area contributed by atoms with Crippen LogP contribution in [0.15, 0.2) is 48.5 Å². The van der Waals surface area contributed by atoms with Gasteiger partial charge in [-0.3, -0.25) is 19.7 Å². The normalized spacial score (nSPS) is 19.0. The standard InChI is InChI=1S/C23H29N3O4/c1-15(2)26-13-18(12-22(27)25-29)20(14-26)24-23(28)17-8-10-19(11-9-17)30-21-7-5-4-6-16(21)3/h4-11,15,18,20,29H,12-14H2,1-3H3,(H,24,28)(H,25,27)/t18-,20+/m0/s1. The van der Waals surface area contributed by atoms with E-state index < -0.39 is 5.91 Å². The number of hydroxylamine groups is 1. The van der Waals surface area contributed by atoms with Gasteiger partial charge in [-0.05, 0) is 56.7 Å². The zero-order valence-corrected chi connectivity index (χ0v) is 17.6. The van der Waals surface area contributed by atoms with Crippen molar-refractivity contribution in [2.75, 3.05) is 13.1 Å². The molecule has 0 aliphatic carbocycles. The molecule has 3 N–H and O–H groups in total. The van der Waals surface area contributed by atoms with Crippen molar-refractivity contribution in [3.63, 3.8) is 0 Å². The summed E-state index contributed by atoms with van der Waals surface area (Å²) in [4.78, 5) is 26.7. The van der Waals surface area contributed by atoms with Gasteiger partial charge in [-0.1, -0.05) is 18.2 Å². The summed E-state index contributed by atoms with van der Waals surface area (Å²) >= 11 is 0. The van der Waals surface area contributed by atoms with Gasteiger partial charge in [-0.25, -0.2) is 5.48 Å². The molecule has 1 fully saturated rings. The van der Waals surface area contributed by atoms with Crippen LogP contribution in [0.1, 0.15) is 36.2 Å². The number of amides is 2. The number of hydrogen-bond donors (Lipinski definition) is 3. The van der Waals surface area contributed by atoms with Crippen LogP contribution in [0.2, 0.25) is 0 Å². The molecule has 2 aromatic carbocycles. The van der Waals surface area contributed by atoms with E-state index in [1.807, 2.05) is 31.2 Å². The molecule has 3 rings (SSSR count). The maximum absolute atomic E-state index is 12.8. The lowest BCUT2D eigenvalue weighted by Crippen LogP contribution is -2.42. The fourth-order valence-electron chi connectivity index (χ4n) is 3.70. The summed E-state index contributed by atoms with van der Waals surface area (Å²) in [5.41, 5.74) is 3.25. The number of likely N-dealkylation sites (tertiary alicyclic amines) is 1. The molecule has 0 spiro atoms. The van der Waals surface area contributed by atoms with Crippen molar-refractivity contribution in [3.05, 3.63) is 59.7 Å². The molecule has 2 amide bonds. The van der Waals surface area contributed by atoms with Crippen molar-refractivity contribution in [2.24, 2.45) is 5.92 Å². The van der Waals surface area contributed by atoms with E-state index in [-0.39, 0.29) is 24.3 Å². The van der Waals surface area contributed by atoms with Gasteiger partial charge in [0.05, 0.1) is 0 Å². The maximum atomic E-state index is 12.8. The minimum Gasteiger partial charge on any atom is -0.457 e. The third kappa shape index (κ3) is 5.37. The third-order valence-corrected chi connectivity index (χ3v) is 5.53. The van der Waals surface area contributed by atoms with Crippen LogP contribution in [-0.4, -0.2) is 47.1 Å². The SMILES string of the molecule is Cc1ccccc1Oc1ccc(C(=O)N[C@@H]2CN(C(C)C)C[C@@H]2CC(=O)NO)cc1. The van der Waals surface area contributed by atoms with Crippen LogP contribution >= 0.6 is 0 Å². The lowest BCUT2D eigenvalue weighted by molar-refractivity contribution is -0.130. The molecule has 0 bridgehead atoms. The Labute approximate surface area is 177 Å². The van der Waals surface area contributed by atoms with Crippen molar-refractivity contribution in [2.45, 2.75) is 39.3 Å². The Morgan fingerprint density at radius 1 is 1.13 bits per heavy atom. The van der Waals surface area contributed by atoms with Crippen LogP contribution in [0, 0.1) is 12.8 Å². The summed E-state index contributed by atoms with van der Waals surface area (Å²) < 4.78 is 5.88. The Kier molecular flexibility index (Phi) is 7.07. The third-order valence-electron chi connectivity index (χ3n) is 5.53. The van der Waals surface area contributed by atoms with Crippen molar-refractivity contribution in [3.8, 4) is 11.5 Å². The average Bonchev–Trinajstić information content (AvgIpc) is 3.12. The predicted octanol–water partition coefficient (Wildman–Crippen LogP) is 3.12. The molecular formula is C23H29N3O4. The molecule has 0 saturated carbocycles. The van der Waals surface area contributed by atoms with Crippen molar-refractivity contribution in [1.82, 2.24) is 15.7 Å². The second kappa shape index (κ2) is 9.73. The summed E-state index contributed by atoms with van der Waals surface area (Å²) in [6.45, 7) is 7.51. The first-order chi connectivity index (χ1) is 14.4. The van der Waals surface area contributed by atoms with E-state index in [0.29, 0.717) is 30.4 Å². The number of nitrogens with zero attached hydrogens (tertiary/aromatic N) is 1. The number of carbonyl (C=O) groups excluding carboxylic acids is 2. The summed E-state index contributed by atoms with van der Waals surface area (Å²) in [7, 11) is 0. The fourth-order valence-corrected chi connectivity index (χ4v) is 3.70. The second-order valence-electron chi connectivity index (χ2n) is 8.02. The molecule has 0 aromatic heterocycles. The quantitative estimate of drug-likeness (QED) is 0.481. The zero-order chi connectivity index (χ0) is 21.7. The van der Waals surface area contributed by atoms with Gasteiger partial charge in [0.2, 0.25) is 5.91 Å². The molecule has 30 heavy (non-hydrogen) atoms. The van der Waals surface area contributed by atoms with Crippen molar-refractivity contribution >= 4 is 11.8 Å². The summed E-state index contributed by atoms with van der Waals surface area (Å²) in [5.74, 6) is 0.738. The highest BCUT2D eigenvalue weighted by atomic mass is 16.5. The fraction of sp³-hybridized carbons (Fsp3) is 0.391. The Hall–Kier alpha value is -2.90. The van der Waals surface area contributed by atoms with Gasteiger partial charge in [-0.2, -0.15) is 0 Å². The molecule has 1 heterocycles. The van der Waals surface area contributed by atoms with Gasteiger partial charge >= 0.3 is 0 Å². The number of ether oxygens (including phenoxy) is 1. The number of nitrogens with one attached hydrogen (secondary N) is 2. The first kappa shape index (κ1) is 21.8. The van der Waals surface area contributed by atoms with Gasteiger partial charge in [0, 0.05) is 43.1 Å². The molecule has 7 heteroatoms. The molecule has 2 atom stereocenters. The number of aryl methyl sites for hydroxylation is 1. The van der Waals surface area contributed by atoms with Crippen LogP contribution in [0.4, 0.5) is 0 Å². The van der Waals surface area contributed by atoms with E-state index in [9.17, 15) is 9.59 Å². The van der Waals surface area contributed by atoms with Gasteiger partial charge in [0.1, 0.15) is 11.5 Å². The van der Waals surface area contributed by atoms with E-state index in [0.717, 1.165) is 11.3 Å².